The second kappa shape index (κ2) is 9.94. The van der Waals surface area contributed by atoms with Gasteiger partial charge in [0.2, 0.25) is 0 Å². The van der Waals surface area contributed by atoms with Gasteiger partial charge in [-0.05, 0) is 38.1 Å². The molecule has 0 bridgehead atoms. The van der Waals surface area contributed by atoms with Crippen LogP contribution in [-0.4, -0.2) is 12.6 Å². The minimum Gasteiger partial charge on any atom is -0.314 e. The standard InChI is InChI=1S/C16H33N/c1-3-5-6-7-11-14-17-16(4-2)15-12-9-8-10-13-15/h15-17H,3-14H2,1-2H3. The van der Waals surface area contributed by atoms with Crippen molar-refractivity contribution in [1.82, 2.24) is 5.32 Å². The predicted octanol–water partition coefficient (Wildman–Crippen LogP) is 4.91. The van der Waals surface area contributed by atoms with Crippen LogP contribution >= 0.6 is 0 Å². The van der Waals surface area contributed by atoms with Gasteiger partial charge in [-0.1, -0.05) is 58.8 Å². The van der Waals surface area contributed by atoms with Crippen molar-refractivity contribution in [3.8, 4) is 0 Å². The Labute approximate surface area is 109 Å². The summed E-state index contributed by atoms with van der Waals surface area (Å²) in [6.07, 6.45) is 15.7. The van der Waals surface area contributed by atoms with Crippen molar-refractivity contribution >= 4 is 0 Å². The van der Waals surface area contributed by atoms with E-state index in [1.165, 1.54) is 77.2 Å². The van der Waals surface area contributed by atoms with Gasteiger partial charge in [0.25, 0.3) is 0 Å². The molecule has 1 unspecified atom stereocenters. The number of nitrogens with one attached hydrogen (secondary N) is 1. The van der Waals surface area contributed by atoms with Crippen LogP contribution in [0.4, 0.5) is 0 Å². The van der Waals surface area contributed by atoms with Crippen molar-refractivity contribution in [3.63, 3.8) is 0 Å². The molecule has 1 aliphatic rings. The molecule has 1 aliphatic carbocycles. The lowest BCUT2D eigenvalue weighted by Crippen LogP contribution is -2.37. The first-order chi connectivity index (χ1) is 8.38. The molecule has 0 amide bonds. The molecule has 0 aliphatic heterocycles. The van der Waals surface area contributed by atoms with E-state index in [9.17, 15) is 0 Å². The normalized spacial score (nSPS) is 19.4. The average Bonchev–Trinajstić information content (AvgIpc) is 2.39. The van der Waals surface area contributed by atoms with Gasteiger partial charge in [-0.15, -0.1) is 0 Å². The summed E-state index contributed by atoms with van der Waals surface area (Å²) in [4.78, 5) is 0. The van der Waals surface area contributed by atoms with Crippen LogP contribution in [0.5, 0.6) is 0 Å². The summed E-state index contributed by atoms with van der Waals surface area (Å²) in [5.41, 5.74) is 0. The maximum absolute atomic E-state index is 3.82. The van der Waals surface area contributed by atoms with E-state index < -0.39 is 0 Å². The summed E-state index contributed by atoms with van der Waals surface area (Å²) in [5.74, 6) is 0.976. The number of hydrogen-bond donors (Lipinski definition) is 1. The maximum Gasteiger partial charge on any atom is 0.00926 e. The van der Waals surface area contributed by atoms with E-state index in [0.29, 0.717) is 0 Å². The first-order valence-electron chi connectivity index (χ1n) is 8.11. The zero-order chi connectivity index (χ0) is 12.3. The number of unbranched alkanes of at least 4 members (excludes halogenated alkanes) is 4. The van der Waals surface area contributed by atoms with Crippen molar-refractivity contribution in [1.29, 1.82) is 0 Å². The number of rotatable bonds is 9. The molecular weight excluding hydrogens is 206 g/mol. The van der Waals surface area contributed by atoms with Gasteiger partial charge >= 0.3 is 0 Å². The monoisotopic (exact) mass is 239 g/mol. The molecule has 1 fully saturated rings. The topological polar surface area (TPSA) is 12.0 Å². The van der Waals surface area contributed by atoms with Gasteiger partial charge in [0, 0.05) is 6.04 Å². The molecule has 0 heterocycles. The third-order valence-electron chi connectivity index (χ3n) is 4.35. The third-order valence-corrected chi connectivity index (χ3v) is 4.35. The first-order valence-corrected chi connectivity index (χ1v) is 8.11. The molecule has 17 heavy (non-hydrogen) atoms. The van der Waals surface area contributed by atoms with Crippen molar-refractivity contribution in [2.45, 2.75) is 90.5 Å². The second-order valence-electron chi connectivity index (χ2n) is 5.78. The summed E-state index contributed by atoms with van der Waals surface area (Å²) in [5, 5.41) is 3.82. The van der Waals surface area contributed by atoms with Crippen LogP contribution < -0.4 is 5.32 Å². The van der Waals surface area contributed by atoms with Gasteiger partial charge in [-0.3, -0.25) is 0 Å². The SMILES string of the molecule is CCCCCCCNC(CC)C1CCCCC1. The molecule has 1 heteroatoms. The van der Waals surface area contributed by atoms with Crippen LogP contribution in [0.2, 0.25) is 0 Å². The van der Waals surface area contributed by atoms with Crippen LogP contribution in [0.25, 0.3) is 0 Å². The predicted molar refractivity (Wildman–Crippen MR) is 77.4 cm³/mol. The van der Waals surface area contributed by atoms with Crippen LogP contribution in [0.3, 0.4) is 0 Å². The van der Waals surface area contributed by atoms with Crippen LogP contribution in [0.15, 0.2) is 0 Å². The Bertz CT molecular complexity index is 161. The Morgan fingerprint density at radius 1 is 0.941 bits per heavy atom. The van der Waals surface area contributed by atoms with Crippen molar-refractivity contribution in [2.75, 3.05) is 6.54 Å². The highest BCUT2D eigenvalue weighted by Crippen LogP contribution is 2.27. The van der Waals surface area contributed by atoms with Crippen LogP contribution in [-0.2, 0) is 0 Å². The third kappa shape index (κ3) is 6.45. The van der Waals surface area contributed by atoms with Gasteiger partial charge in [-0.25, -0.2) is 0 Å². The molecule has 0 aromatic rings. The molecule has 1 rings (SSSR count). The molecule has 102 valence electrons. The van der Waals surface area contributed by atoms with Crippen molar-refractivity contribution in [2.24, 2.45) is 5.92 Å². The maximum atomic E-state index is 3.82. The van der Waals surface area contributed by atoms with E-state index in [1.807, 2.05) is 0 Å². The molecule has 0 aromatic carbocycles. The minimum absolute atomic E-state index is 0.807. The van der Waals surface area contributed by atoms with Crippen molar-refractivity contribution in [3.05, 3.63) is 0 Å². The fourth-order valence-corrected chi connectivity index (χ4v) is 3.20. The van der Waals surface area contributed by atoms with Crippen LogP contribution in [0.1, 0.15) is 84.5 Å². The molecule has 1 saturated carbocycles. The van der Waals surface area contributed by atoms with E-state index in [-0.39, 0.29) is 0 Å². The summed E-state index contributed by atoms with van der Waals surface area (Å²) >= 11 is 0. The smallest absolute Gasteiger partial charge is 0.00926 e. The van der Waals surface area contributed by atoms with E-state index in [2.05, 4.69) is 19.2 Å². The summed E-state index contributed by atoms with van der Waals surface area (Å²) in [6.45, 7) is 5.89. The minimum atomic E-state index is 0.807. The highest BCUT2D eigenvalue weighted by atomic mass is 14.9. The lowest BCUT2D eigenvalue weighted by Gasteiger charge is -2.30. The molecule has 1 atom stereocenters. The molecule has 0 aromatic heterocycles. The zero-order valence-electron chi connectivity index (χ0n) is 12.1. The van der Waals surface area contributed by atoms with Crippen molar-refractivity contribution < 1.29 is 0 Å². The molecule has 0 spiro atoms. The van der Waals surface area contributed by atoms with Gasteiger partial charge in [-0.2, -0.15) is 0 Å². The van der Waals surface area contributed by atoms with Crippen LogP contribution in [0, 0.1) is 5.92 Å². The van der Waals surface area contributed by atoms with Gasteiger partial charge in [0.1, 0.15) is 0 Å². The Morgan fingerprint density at radius 3 is 2.29 bits per heavy atom. The van der Waals surface area contributed by atoms with Gasteiger partial charge < -0.3 is 5.32 Å². The molecule has 1 N–H and O–H groups in total. The summed E-state index contributed by atoms with van der Waals surface area (Å²) in [6, 6.07) is 0.807. The average molecular weight is 239 g/mol. The Kier molecular flexibility index (Phi) is 8.78. The Hall–Kier alpha value is -0.0400. The highest BCUT2D eigenvalue weighted by molar-refractivity contribution is 4.78. The Morgan fingerprint density at radius 2 is 1.65 bits per heavy atom. The summed E-state index contributed by atoms with van der Waals surface area (Å²) in [7, 11) is 0. The van der Waals surface area contributed by atoms with E-state index in [4.69, 9.17) is 0 Å². The first kappa shape index (κ1) is 15.0. The highest BCUT2D eigenvalue weighted by Gasteiger charge is 2.21. The molecular formula is C16H33N. The lowest BCUT2D eigenvalue weighted by atomic mass is 9.83. The Balaban J connectivity index is 2.05. The molecule has 0 radical (unpaired) electrons. The number of hydrogen-bond acceptors (Lipinski definition) is 1. The lowest BCUT2D eigenvalue weighted by molar-refractivity contribution is 0.262. The van der Waals surface area contributed by atoms with E-state index in [0.717, 1.165) is 12.0 Å². The zero-order valence-corrected chi connectivity index (χ0v) is 12.1. The van der Waals surface area contributed by atoms with Gasteiger partial charge in [0.05, 0.1) is 0 Å². The fraction of sp³-hybridized carbons (Fsp3) is 1.00. The van der Waals surface area contributed by atoms with Gasteiger partial charge in [0.15, 0.2) is 0 Å². The molecule has 0 saturated heterocycles. The van der Waals surface area contributed by atoms with E-state index >= 15 is 0 Å². The summed E-state index contributed by atoms with van der Waals surface area (Å²) < 4.78 is 0. The quantitative estimate of drug-likeness (QED) is 0.564. The van der Waals surface area contributed by atoms with E-state index in [1.54, 1.807) is 0 Å². The largest absolute Gasteiger partial charge is 0.314 e. The molecule has 1 nitrogen and oxygen atoms in total. The fourth-order valence-electron chi connectivity index (χ4n) is 3.20. The second-order valence-corrected chi connectivity index (χ2v) is 5.78.